The second-order valence-electron chi connectivity index (χ2n) is 5.75. The molecule has 11 heteroatoms. The molecule has 0 aromatic heterocycles. The second-order valence-corrected chi connectivity index (χ2v) is 5.75. The Balaban J connectivity index is 0.000000237. The van der Waals surface area contributed by atoms with E-state index in [4.69, 9.17) is 0 Å². The normalized spacial score (nSPS) is 23.4. The molecule has 1 unspecified atom stereocenters. The third-order valence-electron chi connectivity index (χ3n) is 3.40. The van der Waals surface area contributed by atoms with Gasteiger partial charge in [0.05, 0.1) is 11.5 Å². The molecule has 1 saturated heterocycles. The lowest BCUT2D eigenvalue weighted by molar-refractivity contribution is -0.384. The number of rotatable bonds is 2. The van der Waals surface area contributed by atoms with Crippen LogP contribution in [0.4, 0.5) is 14.5 Å². The van der Waals surface area contributed by atoms with Gasteiger partial charge in [0, 0.05) is 18.2 Å². The lowest BCUT2D eigenvalue weighted by Gasteiger charge is -2.12. The van der Waals surface area contributed by atoms with Gasteiger partial charge in [-0.05, 0) is 31.6 Å². The van der Waals surface area contributed by atoms with Crippen molar-refractivity contribution < 1.29 is 28.0 Å². The summed E-state index contributed by atoms with van der Waals surface area (Å²) in [6.07, 6.45) is -0.415. The SMILES string of the molecule is CC1/C=C2/OC(F)(F)O/C2=C/CN=C(NC=O)N1.Cc1cccc([N+](=O)[O-])c1. The predicted octanol–water partition coefficient (Wildman–Crippen LogP) is 2.35. The molecule has 0 saturated carbocycles. The Morgan fingerprint density at radius 3 is 2.71 bits per heavy atom. The molecular weight excluding hydrogens is 378 g/mol. The fraction of sp³-hybridized carbons (Fsp3) is 0.294. The number of amides is 1. The third-order valence-corrected chi connectivity index (χ3v) is 3.40. The molecule has 1 amide bonds. The van der Waals surface area contributed by atoms with E-state index in [0.29, 0.717) is 6.41 Å². The summed E-state index contributed by atoms with van der Waals surface area (Å²) >= 11 is 0. The number of aryl methyl sites for hydroxylation is 1. The number of aliphatic imine (C=N–C) groups is 1. The Morgan fingerprint density at radius 1 is 1.39 bits per heavy atom. The summed E-state index contributed by atoms with van der Waals surface area (Å²) in [5.74, 6) is 0.130. The molecule has 0 aliphatic carbocycles. The molecule has 0 bridgehead atoms. The van der Waals surface area contributed by atoms with E-state index in [1.165, 1.54) is 18.2 Å². The van der Waals surface area contributed by atoms with E-state index < -0.39 is 11.2 Å². The number of guanidine groups is 1. The minimum Gasteiger partial charge on any atom is -0.396 e. The maximum absolute atomic E-state index is 12.9. The van der Waals surface area contributed by atoms with Gasteiger partial charge in [-0.2, -0.15) is 0 Å². The van der Waals surface area contributed by atoms with Crippen molar-refractivity contribution in [3.63, 3.8) is 0 Å². The molecule has 9 nitrogen and oxygen atoms in total. The summed E-state index contributed by atoms with van der Waals surface area (Å²) in [5, 5.41) is 15.3. The van der Waals surface area contributed by atoms with Crippen LogP contribution in [-0.4, -0.2) is 36.2 Å². The lowest BCUT2D eigenvalue weighted by atomic mass is 10.2. The number of fused-ring (bicyclic) bond motifs is 1. The van der Waals surface area contributed by atoms with Crippen molar-refractivity contribution in [1.82, 2.24) is 10.6 Å². The van der Waals surface area contributed by atoms with Gasteiger partial charge in [-0.3, -0.25) is 20.2 Å². The van der Waals surface area contributed by atoms with Crippen LogP contribution >= 0.6 is 0 Å². The summed E-state index contributed by atoms with van der Waals surface area (Å²) in [5.41, 5.74) is 1.06. The van der Waals surface area contributed by atoms with Gasteiger partial charge < -0.3 is 14.8 Å². The Bertz CT molecular complexity index is 839. The summed E-state index contributed by atoms with van der Waals surface area (Å²) in [6.45, 7) is 3.59. The molecule has 150 valence electrons. The largest absolute Gasteiger partial charge is 0.586 e. The minimum absolute atomic E-state index is 0.0532. The molecule has 3 rings (SSSR count). The van der Waals surface area contributed by atoms with Crippen LogP contribution in [0.3, 0.4) is 0 Å². The standard InChI is InChI=1S/C10H11F2N3O3.C7H7NO2/c1-6-4-8-7(17-10(11,12)18-8)2-3-13-9(15-6)14-5-16;1-6-3-2-4-7(5-6)8(9)10/h2,4-6H,3H2,1H3,(H2,13,14,15,16);2-5H,1H3/b7-2+,8-4+;. The van der Waals surface area contributed by atoms with Crippen LogP contribution in [-0.2, 0) is 14.3 Å². The average Bonchev–Trinajstić information content (AvgIpc) is 2.90. The molecule has 2 N–H and O–H groups in total. The van der Waals surface area contributed by atoms with Gasteiger partial charge in [-0.25, -0.2) is 4.99 Å². The van der Waals surface area contributed by atoms with Crippen LogP contribution in [0.25, 0.3) is 0 Å². The Hall–Kier alpha value is -3.50. The van der Waals surface area contributed by atoms with E-state index in [-0.39, 0.29) is 35.8 Å². The number of carbonyl (C=O) groups is 1. The number of hydrogen-bond donors (Lipinski definition) is 2. The van der Waals surface area contributed by atoms with Crippen LogP contribution in [0.1, 0.15) is 12.5 Å². The molecule has 1 aromatic carbocycles. The van der Waals surface area contributed by atoms with Gasteiger partial charge in [0.25, 0.3) is 5.69 Å². The smallest absolute Gasteiger partial charge is 0.396 e. The van der Waals surface area contributed by atoms with Crippen molar-refractivity contribution in [3.8, 4) is 0 Å². The number of nitrogens with one attached hydrogen (secondary N) is 2. The van der Waals surface area contributed by atoms with E-state index in [1.54, 1.807) is 19.1 Å². The monoisotopic (exact) mass is 396 g/mol. The zero-order valence-corrected chi connectivity index (χ0v) is 15.0. The van der Waals surface area contributed by atoms with E-state index in [2.05, 4.69) is 25.1 Å². The van der Waals surface area contributed by atoms with E-state index in [9.17, 15) is 23.7 Å². The highest BCUT2D eigenvalue weighted by Gasteiger charge is 2.45. The maximum Gasteiger partial charge on any atom is 0.586 e. The van der Waals surface area contributed by atoms with Crippen molar-refractivity contribution in [3.05, 3.63) is 63.6 Å². The molecule has 2 aliphatic heterocycles. The molecule has 1 fully saturated rings. The molecule has 28 heavy (non-hydrogen) atoms. The molecule has 0 spiro atoms. The number of carbonyl (C=O) groups excluding carboxylic acids is 1. The van der Waals surface area contributed by atoms with Gasteiger partial charge in [0.15, 0.2) is 17.5 Å². The maximum atomic E-state index is 12.9. The Kier molecular flexibility index (Phi) is 6.64. The van der Waals surface area contributed by atoms with Crippen LogP contribution in [0.2, 0.25) is 0 Å². The Morgan fingerprint density at radius 2 is 2.11 bits per heavy atom. The van der Waals surface area contributed by atoms with E-state index in [0.717, 1.165) is 5.56 Å². The van der Waals surface area contributed by atoms with Crippen molar-refractivity contribution in [2.75, 3.05) is 6.54 Å². The number of non-ortho nitro benzene ring substituents is 1. The van der Waals surface area contributed by atoms with Gasteiger partial charge in [-0.15, -0.1) is 8.78 Å². The minimum atomic E-state index is -3.65. The average molecular weight is 396 g/mol. The molecule has 0 radical (unpaired) electrons. The second kappa shape index (κ2) is 8.93. The van der Waals surface area contributed by atoms with Gasteiger partial charge in [0.1, 0.15) is 0 Å². The number of hydrogen-bond acceptors (Lipinski definition) is 7. The highest BCUT2D eigenvalue weighted by atomic mass is 19.3. The van der Waals surface area contributed by atoms with Crippen LogP contribution in [0.5, 0.6) is 0 Å². The highest BCUT2D eigenvalue weighted by Crippen LogP contribution is 2.36. The third kappa shape index (κ3) is 6.04. The number of halogens is 2. The quantitative estimate of drug-likeness (QED) is 0.451. The van der Waals surface area contributed by atoms with Crippen molar-refractivity contribution >= 4 is 18.1 Å². The number of ether oxygens (including phenoxy) is 2. The van der Waals surface area contributed by atoms with Gasteiger partial charge >= 0.3 is 6.29 Å². The Labute approximate surface area is 158 Å². The predicted molar refractivity (Wildman–Crippen MR) is 95.2 cm³/mol. The zero-order valence-electron chi connectivity index (χ0n) is 15.0. The summed E-state index contributed by atoms with van der Waals surface area (Å²) < 4.78 is 34.5. The zero-order chi connectivity index (χ0) is 20.7. The summed E-state index contributed by atoms with van der Waals surface area (Å²) in [4.78, 5) is 24.1. The number of nitro groups is 1. The number of benzene rings is 1. The number of alkyl halides is 2. The molecule has 1 aromatic rings. The number of nitro benzene ring substituents is 1. The first-order chi connectivity index (χ1) is 13.2. The van der Waals surface area contributed by atoms with Crippen LogP contribution in [0, 0.1) is 17.0 Å². The summed E-state index contributed by atoms with van der Waals surface area (Å²) in [7, 11) is 0. The highest BCUT2D eigenvalue weighted by molar-refractivity contribution is 5.89. The number of nitrogens with zero attached hydrogens (tertiary/aromatic N) is 2. The topological polar surface area (TPSA) is 115 Å². The lowest BCUT2D eigenvalue weighted by Crippen LogP contribution is -2.41. The van der Waals surface area contributed by atoms with E-state index in [1.807, 2.05) is 13.0 Å². The molecule has 2 heterocycles. The van der Waals surface area contributed by atoms with Crippen LogP contribution < -0.4 is 10.6 Å². The first-order valence-electron chi connectivity index (χ1n) is 8.10. The fourth-order valence-corrected chi connectivity index (χ4v) is 2.27. The molecule has 1 atom stereocenters. The van der Waals surface area contributed by atoms with E-state index >= 15 is 0 Å². The van der Waals surface area contributed by atoms with Crippen LogP contribution in [0.15, 0.2) is 52.9 Å². The molecular formula is C17H18F2N4O5. The fourth-order valence-electron chi connectivity index (χ4n) is 2.27. The van der Waals surface area contributed by atoms with Gasteiger partial charge in [0.2, 0.25) is 6.41 Å². The summed E-state index contributed by atoms with van der Waals surface area (Å²) in [6, 6.07) is 6.15. The van der Waals surface area contributed by atoms with Crippen molar-refractivity contribution in [2.45, 2.75) is 26.2 Å². The van der Waals surface area contributed by atoms with Gasteiger partial charge in [-0.1, -0.05) is 12.1 Å². The van der Waals surface area contributed by atoms with Crippen molar-refractivity contribution in [2.24, 2.45) is 4.99 Å². The first-order valence-corrected chi connectivity index (χ1v) is 8.10. The van der Waals surface area contributed by atoms with Crippen molar-refractivity contribution in [1.29, 1.82) is 0 Å². The molecule has 2 aliphatic rings. The first kappa shape index (κ1) is 20.8.